The van der Waals surface area contributed by atoms with Crippen LogP contribution in [0.2, 0.25) is 0 Å². The maximum Gasteiger partial charge on any atom is 0.357 e. The molecular formula is C21H19N3O5. The van der Waals surface area contributed by atoms with Gasteiger partial charge in [-0.05, 0) is 18.2 Å². The third-order valence-corrected chi connectivity index (χ3v) is 3.98. The number of hydrogen-bond donors (Lipinski definition) is 1. The maximum absolute atomic E-state index is 12.6. The third kappa shape index (κ3) is 5.07. The van der Waals surface area contributed by atoms with Crippen LogP contribution in [0.3, 0.4) is 0 Å². The topological polar surface area (TPSA) is 99.5 Å². The van der Waals surface area contributed by atoms with E-state index in [-0.39, 0.29) is 12.2 Å². The van der Waals surface area contributed by atoms with E-state index in [9.17, 15) is 14.4 Å². The van der Waals surface area contributed by atoms with Gasteiger partial charge < -0.3 is 14.8 Å². The molecule has 0 aliphatic rings. The number of ether oxygens (including phenoxy) is 2. The zero-order chi connectivity index (χ0) is 20.6. The van der Waals surface area contributed by atoms with Gasteiger partial charge in [-0.1, -0.05) is 48.5 Å². The molecule has 0 saturated carbocycles. The fraction of sp³-hybridized carbons (Fsp3) is 0.143. The molecule has 0 bridgehead atoms. The van der Waals surface area contributed by atoms with E-state index in [2.05, 4.69) is 15.2 Å². The Morgan fingerprint density at radius 1 is 1.00 bits per heavy atom. The molecule has 0 fully saturated rings. The summed E-state index contributed by atoms with van der Waals surface area (Å²) in [5.74, 6) is -1.92. The lowest BCUT2D eigenvalue weighted by Gasteiger charge is -2.08. The van der Waals surface area contributed by atoms with E-state index < -0.39 is 24.5 Å². The van der Waals surface area contributed by atoms with Crippen LogP contribution in [-0.4, -0.2) is 47.9 Å². The maximum atomic E-state index is 12.6. The molecule has 1 aromatic heterocycles. The van der Waals surface area contributed by atoms with Gasteiger partial charge in [0, 0.05) is 5.56 Å². The van der Waals surface area contributed by atoms with Crippen molar-refractivity contribution in [3.05, 3.63) is 72.4 Å². The molecule has 1 N–H and O–H groups in total. The van der Waals surface area contributed by atoms with Crippen LogP contribution < -0.4 is 5.32 Å². The Balaban J connectivity index is 1.80. The molecule has 29 heavy (non-hydrogen) atoms. The van der Waals surface area contributed by atoms with Crippen LogP contribution >= 0.6 is 0 Å². The van der Waals surface area contributed by atoms with Crippen LogP contribution in [0.1, 0.15) is 10.5 Å². The van der Waals surface area contributed by atoms with Crippen molar-refractivity contribution < 1.29 is 23.9 Å². The van der Waals surface area contributed by atoms with E-state index in [1.54, 1.807) is 6.07 Å². The smallest absolute Gasteiger partial charge is 0.357 e. The normalized spacial score (nSPS) is 10.2. The summed E-state index contributed by atoms with van der Waals surface area (Å²) in [6.07, 6.45) is 0. The van der Waals surface area contributed by atoms with Crippen molar-refractivity contribution in [3.63, 3.8) is 0 Å². The fourth-order valence-electron chi connectivity index (χ4n) is 2.54. The first-order valence-corrected chi connectivity index (χ1v) is 8.80. The van der Waals surface area contributed by atoms with Crippen molar-refractivity contribution in [1.29, 1.82) is 0 Å². The van der Waals surface area contributed by atoms with Gasteiger partial charge in [-0.15, -0.1) is 0 Å². The molecule has 3 rings (SSSR count). The Hall–Kier alpha value is -3.94. The van der Waals surface area contributed by atoms with E-state index in [4.69, 9.17) is 4.74 Å². The molecule has 8 heteroatoms. The first-order valence-electron chi connectivity index (χ1n) is 8.80. The second-order valence-electron chi connectivity index (χ2n) is 5.96. The van der Waals surface area contributed by atoms with Gasteiger partial charge >= 0.3 is 11.9 Å². The zero-order valence-corrected chi connectivity index (χ0v) is 15.7. The minimum absolute atomic E-state index is 0.177. The summed E-state index contributed by atoms with van der Waals surface area (Å²) in [6, 6.07) is 20.1. The van der Waals surface area contributed by atoms with Crippen molar-refractivity contribution >= 4 is 17.8 Å². The molecule has 0 aliphatic carbocycles. The predicted molar refractivity (Wildman–Crippen MR) is 104 cm³/mol. The molecule has 8 nitrogen and oxygen atoms in total. The lowest BCUT2D eigenvalue weighted by molar-refractivity contribution is -0.141. The molecule has 3 aromatic rings. The van der Waals surface area contributed by atoms with Gasteiger partial charge in [-0.25, -0.2) is 9.48 Å². The number of carbonyl (C=O) groups excluding carboxylic acids is 3. The monoisotopic (exact) mass is 393 g/mol. The second-order valence-corrected chi connectivity index (χ2v) is 5.96. The highest BCUT2D eigenvalue weighted by Crippen LogP contribution is 2.22. The van der Waals surface area contributed by atoms with Crippen molar-refractivity contribution in [2.45, 2.75) is 0 Å². The molecular weight excluding hydrogens is 374 g/mol. The van der Waals surface area contributed by atoms with Crippen molar-refractivity contribution in [2.75, 3.05) is 20.3 Å². The predicted octanol–water partition coefficient (Wildman–Crippen LogP) is 1.99. The average Bonchev–Trinajstić information content (AvgIpc) is 3.22. The van der Waals surface area contributed by atoms with Gasteiger partial charge in [-0.3, -0.25) is 9.59 Å². The molecule has 1 amide bonds. The van der Waals surface area contributed by atoms with E-state index in [0.717, 1.165) is 5.56 Å². The number of carbonyl (C=O) groups is 3. The number of aromatic nitrogens is 2. The quantitative estimate of drug-likeness (QED) is 0.616. The highest BCUT2D eigenvalue weighted by atomic mass is 16.5. The number of benzene rings is 2. The molecule has 2 aromatic carbocycles. The summed E-state index contributed by atoms with van der Waals surface area (Å²) in [5, 5.41) is 6.83. The number of hydrogen-bond acceptors (Lipinski definition) is 6. The van der Waals surface area contributed by atoms with Crippen LogP contribution in [0.5, 0.6) is 0 Å². The molecule has 1 heterocycles. The van der Waals surface area contributed by atoms with Gasteiger partial charge in [-0.2, -0.15) is 5.10 Å². The summed E-state index contributed by atoms with van der Waals surface area (Å²) in [5.41, 5.74) is 2.29. The van der Waals surface area contributed by atoms with Crippen LogP contribution in [0.4, 0.5) is 0 Å². The number of methoxy groups -OCH3 is 1. The number of nitrogens with zero attached hydrogens (tertiary/aromatic N) is 2. The standard InChI is InChI=1S/C21H19N3O5/c1-28-20(26)13-22-19(25)14-29-21(27)18-12-17(15-8-4-2-5-9-15)23-24(18)16-10-6-3-7-11-16/h2-12H,13-14H2,1H3,(H,22,25). The fourth-order valence-corrected chi connectivity index (χ4v) is 2.54. The van der Waals surface area contributed by atoms with Crippen LogP contribution in [0.25, 0.3) is 16.9 Å². The summed E-state index contributed by atoms with van der Waals surface area (Å²) in [4.78, 5) is 35.4. The molecule has 0 radical (unpaired) electrons. The Kier molecular flexibility index (Phi) is 6.36. The summed E-state index contributed by atoms with van der Waals surface area (Å²) in [7, 11) is 1.21. The molecule has 148 valence electrons. The number of amides is 1. The minimum atomic E-state index is -0.711. The van der Waals surface area contributed by atoms with E-state index in [1.165, 1.54) is 11.8 Å². The van der Waals surface area contributed by atoms with Gasteiger partial charge in [0.05, 0.1) is 18.5 Å². The van der Waals surface area contributed by atoms with Gasteiger partial charge in [0.15, 0.2) is 12.3 Å². The van der Waals surface area contributed by atoms with Crippen molar-refractivity contribution in [1.82, 2.24) is 15.1 Å². The average molecular weight is 393 g/mol. The first-order chi connectivity index (χ1) is 14.1. The Labute approximate surface area is 167 Å². The van der Waals surface area contributed by atoms with Crippen molar-refractivity contribution in [2.24, 2.45) is 0 Å². The van der Waals surface area contributed by atoms with Crippen molar-refractivity contribution in [3.8, 4) is 16.9 Å². The number of esters is 2. The summed E-state index contributed by atoms with van der Waals surface area (Å²) < 4.78 is 11.0. The first kappa shape index (κ1) is 19.8. The summed E-state index contributed by atoms with van der Waals surface area (Å²) >= 11 is 0. The lowest BCUT2D eigenvalue weighted by atomic mass is 10.1. The molecule has 0 aliphatic heterocycles. The molecule has 0 unspecified atom stereocenters. The van der Waals surface area contributed by atoms with Crippen LogP contribution in [0.15, 0.2) is 66.7 Å². The highest BCUT2D eigenvalue weighted by molar-refractivity contribution is 5.92. The van der Waals surface area contributed by atoms with E-state index >= 15 is 0 Å². The van der Waals surface area contributed by atoms with E-state index in [1.807, 2.05) is 60.7 Å². The van der Waals surface area contributed by atoms with Crippen LogP contribution in [0, 0.1) is 0 Å². The number of para-hydroxylation sites is 1. The van der Waals surface area contributed by atoms with Gasteiger partial charge in [0.1, 0.15) is 6.54 Å². The summed E-state index contributed by atoms with van der Waals surface area (Å²) in [6.45, 7) is -0.830. The van der Waals surface area contributed by atoms with Gasteiger partial charge in [0.2, 0.25) is 0 Å². The zero-order valence-electron chi connectivity index (χ0n) is 15.7. The minimum Gasteiger partial charge on any atom is -0.468 e. The Morgan fingerprint density at radius 2 is 1.66 bits per heavy atom. The molecule has 0 saturated heterocycles. The number of rotatable bonds is 7. The van der Waals surface area contributed by atoms with E-state index in [0.29, 0.717) is 11.4 Å². The highest BCUT2D eigenvalue weighted by Gasteiger charge is 2.20. The Morgan fingerprint density at radius 3 is 2.31 bits per heavy atom. The number of nitrogens with one attached hydrogen (secondary N) is 1. The van der Waals surface area contributed by atoms with Gasteiger partial charge in [0.25, 0.3) is 5.91 Å². The third-order valence-electron chi connectivity index (χ3n) is 3.98. The molecule has 0 atom stereocenters. The largest absolute Gasteiger partial charge is 0.468 e. The SMILES string of the molecule is COC(=O)CNC(=O)COC(=O)c1cc(-c2ccccc2)nn1-c1ccccc1. The lowest BCUT2D eigenvalue weighted by Crippen LogP contribution is -2.33. The van der Waals surface area contributed by atoms with Crippen LogP contribution in [-0.2, 0) is 19.1 Å². The Bertz CT molecular complexity index is 1000. The second kappa shape index (κ2) is 9.32. The molecule has 0 spiro atoms.